The highest BCUT2D eigenvalue weighted by molar-refractivity contribution is 5.88. The lowest BCUT2D eigenvalue weighted by Gasteiger charge is -2.20. The van der Waals surface area contributed by atoms with Crippen LogP contribution < -0.4 is 10.6 Å². The van der Waals surface area contributed by atoms with Gasteiger partial charge in [-0.15, -0.1) is 0 Å². The van der Waals surface area contributed by atoms with Gasteiger partial charge in [0.15, 0.2) is 0 Å². The maximum atomic E-state index is 13.8. The van der Waals surface area contributed by atoms with E-state index in [2.05, 4.69) is 10.6 Å². The van der Waals surface area contributed by atoms with Crippen LogP contribution in [0.15, 0.2) is 18.2 Å². The molecular formula is C15H19F2N3O3. The fraction of sp³-hybridized carbons (Fsp3) is 0.467. The van der Waals surface area contributed by atoms with E-state index in [-0.39, 0.29) is 24.5 Å². The fourth-order valence-corrected chi connectivity index (χ4v) is 2.53. The predicted molar refractivity (Wildman–Crippen MR) is 78.5 cm³/mol. The Balaban J connectivity index is 2.04. The molecule has 1 aliphatic rings. The quantitative estimate of drug-likeness (QED) is 0.752. The third kappa shape index (κ3) is 4.16. The van der Waals surface area contributed by atoms with Gasteiger partial charge in [0, 0.05) is 31.8 Å². The fourth-order valence-electron chi connectivity index (χ4n) is 2.53. The first-order valence-corrected chi connectivity index (χ1v) is 7.30. The second-order valence-corrected chi connectivity index (χ2v) is 5.45. The molecule has 0 spiro atoms. The number of aliphatic hydroxyl groups is 1. The van der Waals surface area contributed by atoms with Crippen LogP contribution in [0.3, 0.4) is 0 Å². The SMILES string of the molecule is CN1CCC(NC(=O)NC(CCO)c2ccc(F)cc2F)C1=O. The molecule has 0 bridgehead atoms. The summed E-state index contributed by atoms with van der Waals surface area (Å²) < 4.78 is 26.8. The Morgan fingerprint density at radius 2 is 2.22 bits per heavy atom. The van der Waals surface area contributed by atoms with Crippen LogP contribution in [0.4, 0.5) is 13.6 Å². The van der Waals surface area contributed by atoms with E-state index in [0.717, 1.165) is 12.1 Å². The van der Waals surface area contributed by atoms with Crippen molar-refractivity contribution in [2.75, 3.05) is 20.2 Å². The molecule has 2 atom stereocenters. The van der Waals surface area contributed by atoms with Crippen molar-refractivity contribution >= 4 is 11.9 Å². The Hall–Kier alpha value is -2.22. The molecule has 23 heavy (non-hydrogen) atoms. The number of urea groups is 1. The first-order chi connectivity index (χ1) is 10.9. The number of carbonyl (C=O) groups excluding carboxylic acids is 2. The zero-order valence-corrected chi connectivity index (χ0v) is 12.7. The van der Waals surface area contributed by atoms with Crippen LogP contribution in [0.2, 0.25) is 0 Å². The smallest absolute Gasteiger partial charge is 0.315 e. The van der Waals surface area contributed by atoms with Crippen molar-refractivity contribution in [2.45, 2.75) is 24.9 Å². The molecule has 1 aromatic carbocycles. The van der Waals surface area contributed by atoms with Gasteiger partial charge in [-0.2, -0.15) is 0 Å². The van der Waals surface area contributed by atoms with E-state index in [9.17, 15) is 18.4 Å². The highest BCUT2D eigenvalue weighted by Crippen LogP contribution is 2.21. The normalized spacial score (nSPS) is 18.9. The molecule has 1 aliphatic heterocycles. The molecule has 8 heteroatoms. The summed E-state index contributed by atoms with van der Waals surface area (Å²) in [5.74, 6) is -1.72. The number of likely N-dealkylation sites (tertiary alicyclic amines) is 1. The number of aliphatic hydroxyl groups excluding tert-OH is 1. The van der Waals surface area contributed by atoms with Gasteiger partial charge >= 0.3 is 6.03 Å². The zero-order valence-electron chi connectivity index (χ0n) is 12.7. The molecule has 0 aromatic heterocycles. The third-order valence-corrected chi connectivity index (χ3v) is 3.79. The lowest BCUT2D eigenvalue weighted by atomic mass is 10.0. The van der Waals surface area contributed by atoms with Crippen molar-refractivity contribution < 1.29 is 23.5 Å². The second-order valence-electron chi connectivity index (χ2n) is 5.45. The summed E-state index contributed by atoms with van der Waals surface area (Å²) >= 11 is 0. The summed E-state index contributed by atoms with van der Waals surface area (Å²) in [6.45, 7) is 0.267. The standard InChI is InChI=1S/C15H19F2N3O3/c1-20-6-4-13(14(20)22)19-15(23)18-12(5-7-21)10-3-2-9(16)8-11(10)17/h2-3,8,12-13,21H,4-7H2,1H3,(H2,18,19,23). The van der Waals surface area contributed by atoms with Crippen LogP contribution in [0.5, 0.6) is 0 Å². The van der Waals surface area contributed by atoms with E-state index in [4.69, 9.17) is 5.11 Å². The molecule has 0 aliphatic carbocycles. The summed E-state index contributed by atoms with van der Waals surface area (Å²) in [6.07, 6.45) is 0.562. The van der Waals surface area contributed by atoms with E-state index in [0.29, 0.717) is 13.0 Å². The summed E-state index contributed by atoms with van der Waals surface area (Å²) in [6, 6.07) is 0.940. The van der Waals surface area contributed by atoms with Gasteiger partial charge in [0.1, 0.15) is 17.7 Å². The maximum absolute atomic E-state index is 13.8. The Kier molecular flexibility index (Phi) is 5.49. The van der Waals surface area contributed by atoms with Crippen molar-refractivity contribution in [3.05, 3.63) is 35.4 Å². The van der Waals surface area contributed by atoms with Crippen LogP contribution >= 0.6 is 0 Å². The largest absolute Gasteiger partial charge is 0.396 e. The molecule has 3 amide bonds. The Bertz CT molecular complexity index is 597. The van der Waals surface area contributed by atoms with Crippen LogP contribution in [0.1, 0.15) is 24.4 Å². The molecule has 1 aromatic rings. The van der Waals surface area contributed by atoms with Gasteiger partial charge in [0.2, 0.25) is 5.91 Å². The van der Waals surface area contributed by atoms with E-state index in [1.54, 1.807) is 7.05 Å². The van der Waals surface area contributed by atoms with Gasteiger partial charge < -0.3 is 20.6 Å². The van der Waals surface area contributed by atoms with Crippen molar-refractivity contribution in [3.8, 4) is 0 Å². The van der Waals surface area contributed by atoms with Crippen LogP contribution in [-0.2, 0) is 4.79 Å². The van der Waals surface area contributed by atoms with Crippen LogP contribution in [0, 0.1) is 11.6 Å². The minimum atomic E-state index is -0.824. The molecule has 6 nitrogen and oxygen atoms in total. The van der Waals surface area contributed by atoms with E-state index in [1.807, 2.05) is 0 Å². The van der Waals surface area contributed by atoms with Gasteiger partial charge in [-0.25, -0.2) is 13.6 Å². The van der Waals surface area contributed by atoms with Gasteiger partial charge in [0.25, 0.3) is 0 Å². The van der Waals surface area contributed by atoms with Gasteiger partial charge in [-0.1, -0.05) is 6.07 Å². The number of likely N-dealkylation sites (N-methyl/N-ethyl adjacent to an activating group) is 1. The molecule has 3 N–H and O–H groups in total. The number of carbonyl (C=O) groups is 2. The molecule has 126 valence electrons. The predicted octanol–water partition coefficient (Wildman–Crippen LogP) is 0.918. The summed E-state index contributed by atoms with van der Waals surface area (Å²) in [5.41, 5.74) is 0.0745. The molecule has 0 saturated carbocycles. The number of nitrogens with zero attached hydrogens (tertiary/aromatic N) is 1. The molecule has 1 fully saturated rings. The maximum Gasteiger partial charge on any atom is 0.315 e. The first kappa shape index (κ1) is 17.1. The molecule has 2 unspecified atom stereocenters. The molecule has 2 rings (SSSR count). The number of rotatable bonds is 5. The third-order valence-electron chi connectivity index (χ3n) is 3.79. The first-order valence-electron chi connectivity index (χ1n) is 7.30. The highest BCUT2D eigenvalue weighted by atomic mass is 19.1. The molecular weight excluding hydrogens is 308 g/mol. The topological polar surface area (TPSA) is 81.7 Å². The average Bonchev–Trinajstić information content (AvgIpc) is 2.79. The number of hydrogen-bond donors (Lipinski definition) is 3. The summed E-state index contributed by atoms with van der Waals surface area (Å²) in [5, 5.41) is 14.1. The zero-order chi connectivity index (χ0) is 17.0. The van der Waals surface area contributed by atoms with E-state index >= 15 is 0 Å². The monoisotopic (exact) mass is 327 g/mol. The van der Waals surface area contributed by atoms with Crippen LogP contribution in [-0.4, -0.2) is 48.2 Å². The van der Waals surface area contributed by atoms with Crippen molar-refractivity contribution in [2.24, 2.45) is 0 Å². The van der Waals surface area contributed by atoms with Crippen molar-refractivity contribution in [1.29, 1.82) is 0 Å². The Morgan fingerprint density at radius 1 is 1.48 bits per heavy atom. The Morgan fingerprint density at radius 3 is 2.78 bits per heavy atom. The highest BCUT2D eigenvalue weighted by Gasteiger charge is 2.30. The average molecular weight is 327 g/mol. The summed E-state index contributed by atoms with van der Waals surface area (Å²) in [7, 11) is 1.64. The molecule has 0 radical (unpaired) electrons. The number of benzene rings is 1. The van der Waals surface area contributed by atoms with Gasteiger partial charge in [-0.05, 0) is 18.9 Å². The van der Waals surface area contributed by atoms with Crippen molar-refractivity contribution in [1.82, 2.24) is 15.5 Å². The number of amides is 3. The van der Waals surface area contributed by atoms with E-state index < -0.39 is 29.7 Å². The molecule has 1 saturated heterocycles. The van der Waals surface area contributed by atoms with Crippen LogP contribution in [0.25, 0.3) is 0 Å². The molecule has 1 heterocycles. The van der Waals surface area contributed by atoms with Gasteiger partial charge in [-0.3, -0.25) is 4.79 Å². The lowest BCUT2D eigenvalue weighted by molar-refractivity contribution is -0.128. The summed E-state index contributed by atoms with van der Waals surface area (Å²) in [4.78, 5) is 25.3. The minimum absolute atomic E-state index is 0.0640. The second kappa shape index (κ2) is 7.36. The van der Waals surface area contributed by atoms with E-state index in [1.165, 1.54) is 11.0 Å². The number of nitrogens with one attached hydrogen (secondary N) is 2. The minimum Gasteiger partial charge on any atom is -0.396 e. The number of halogens is 2. The lowest BCUT2D eigenvalue weighted by Crippen LogP contribution is -2.46. The van der Waals surface area contributed by atoms with Crippen molar-refractivity contribution in [3.63, 3.8) is 0 Å². The Labute approximate surface area is 132 Å². The number of hydrogen-bond acceptors (Lipinski definition) is 3. The van der Waals surface area contributed by atoms with Gasteiger partial charge in [0.05, 0.1) is 6.04 Å².